The molecule has 0 fully saturated rings. The third-order valence-electron chi connectivity index (χ3n) is 5.05. The summed E-state index contributed by atoms with van der Waals surface area (Å²) in [5, 5.41) is 2.79. The fraction of sp³-hybridized carbons (Fsp3) is 0.500. The van der Waals surface area contributed by atoms with Crippen molar-refractivity contribution in [1.82, 2.24) is 10.0 Å². The van der Waals surface area contributed by atoms with Crippen LogP contribution in [0.5, 0.6) is 0 Å². The predicted octanol–water partition coefficient (Wildman–Crippen LogP) is 2.34. The first-order valence-corrected chi connectivity index (χ1v) is 11.2. The van der Waals surface area contributed by atoms with Crippen molar-refractivity contribution in [1.29, 1.82) is 0 Å². The molecule has 29 heavy (non-hydrogen) atoms. The molecule has 8 nitrogen and oxygen atoms in total. The molecular formula is C20H28N4O4S. The Bertz CT molecular complexity index is 938. The van der Waals surface area contributed by atoms with Gasteiger partial charge in [-0.1, -0.05) is 44.5 Å². The molecule has 1 atom stereocenters. The van der Waals surface area contributed by atoms with E-state index < -0.39 is 16.1 Å². The summed E-state index contributed by atoms with van der Waals surface area (Å²) in [5.41, 5.74) is 7.53. The number of hydrogen-bond acceptors (Lipinski definition) is 6. The van der Waals surface area contributed by atoms with E-state index in [1.165, 1.54) is 5.56 Å². The average molecular weight is 421 g/mol. The van der Waals surface area contributed by atoms with E-state index in [0.29, 0.717) is 13.2 Å². The number of ether oxygens (including phenoxy) is 1. The van der Waals surface area contributed by atoms with Gasteiger partial charge >= 0.3 is 6.03 Å². The summed E-state index contributed by atoms with van der Waals surface area (Å²) in [6.45, 7) is 4.64. The Morgan fingerprint density at radius 1 is 1.31 bits per heavy atom. The van der Waals surface area contributed by atoms with Crippen molar-refractivity contribution in [2.24, 2.45) is 16.1 Å². The lowest BCUT2D eigenvalue weighted by molar-refractivity contribution is 0.157. The van der Waals surface area contributed by atoms with Crippen LogP contribution in [-0.2, 0) is 21.2 Å². The molecule has 1 aromatic rings. The highest BCUT2D eigenvalue weighted by molar-refractivity contribution is 7.94. The van der Waals surface area contributed by atoms with E-state index in [1.54, 1.807) is 0 Å². The standard InChI is InChI=1S/C20H28N4O4S/c1-20(2)12-22-18(28-13-20)17(11-21)29(26,27)24-19(25)23-16-10-6-4-8-14-7-3-5-9-15(14)16/h3,5,7,9,11,16H,4,6,8,10,12-13,21H2,1-2H3,(H2,23,24,25). The van der Waals surface area contributed by atoms with Crippen LogP contribution in [0.2, 0.25) is 0 Å². The van der Waals surface area contributed by atoms with E-state index in [1.807, 2.05) is 42.8 Å². The third kappa shape index (κ3) is 5.09. The smallest absolute Gasteiger partial charge is 0.329 e. The van der Waals surface area contributed by atoms with Gasteiger partial charge in [-0.05, 0) is 30.4 Å². The Morgan fingerprint density at radius 3 is 2.76 bits per heavy atom. The highest BCUT2D eigenvalue weighted by Crippen LogP contribution is 2.28. The molecule has 1 aliphatic carbocycles. The number of rotatable bonds is 4. The van der Waals surface area contributed by atoms with Crippen molar-refractivity contribution < 1.29 is 17.9 Å². The highest BCUT2D eigenvalue weighted by Gasteiger charge is 2.32. The second-order valence-corrected chi connectivity index (χ2v) is 9.83. The Hall–Kier alpha value is -2.55. The lowest BCUT2D eigenvalue weighted by Gasteiger charge is -2.28. The van der Waals surface area contributed by atoms with Crippen LogP contribution in [0.15, 0.2) is 40.4 Å². The van der Waals surface area contributed by atoms with Gasteiger partial charge in [0.05, 0.1) is 19.2 Å². The summed E-state index contributed by atoms with van der Waals surface area (Å²) in [4.78, 5) is 16.3. The molecule has 0 spiro atoms. The monoisotopic (exact) mass is 420 g/mol. The van der Waals surface area contributed by atoms with Gasteiger partial charge in [0.1, 0.15) is 0 Å². The molecule has 0 bridgehead atoms. The summed E-state index contributed by atoms with van der Waals surface area (Å²) in [7, 11) is -4.23. The van der Waals surface area contributed by atoms with E-state index in [2.05, 4.69) is 10.3 Å². The van der Waals surface area contributed by atoms with E-state index >= 15 is 0 Å². The molecule has 3 rings (SSSR count). The summed E-state index contributed by atoms with van der Waals surface area (Å²) < 4.78 is 32.9. The molecular weight excluding hydrogens is 392 g/mol. The number of urea groups is 1. The van der Waals surface area contributed by atoms with Gasteiger partial charge in [0, 0.05) is 11.6 Å². The maximum absolute atomic E-state index is 12.7. The van der Waals surface area contributed by atoms with Crippen LogP contribution in [0, 0.1) is 5.41 Å². The number of sulfonamides is 1. The van der Waals surface area contributed by atoms with Crippen LogP contribution in [0.4, 0.5) is 4.79 Å². The number of benzene rings is 1. The van der Waals surface area contributed by atoms with Crippen LogP contribution in [0.25, 0.3) is 0 Å². The van der Waals surface area contributed by atoms with Gasteiger partial charge in [-0.3, -0.25) is 0 Å². The van der Waals surface area contributed by atoms with E-state index in [0.717, 1.165) is 37.4 Å². The average Bonchev–Trinajstić information content (AvgIpc) is 2.85. The van der Waals surface area contributed by atoms with Crippen molar-refractivity contribution in [2.45, 2.75) is 45.6 Å². The second kappa shape index (κ2) is 8.44. The van der Waals surface area contributed by atoms with Gasteiger partial charge in [-0.25, -0.2) is 22.9 Å². The quantitative estimate of drug-likeness (QED) is 0.645. The number of aryl methyl sites for hydroxylation is 1. The van der Waals surface area contributed by atoms with Crippen LogP contribution < -0.4 is 15.8 Å². The van der Waals surface area contributed by atoms with Crippen LogP contribution in [-0.4, -0.2) is 33.5 Å². The minimum absolute atomic E-state index is 0.0769. The third-order valence-corrected chi connectivity index (χ3v) is 6.40. The van der Waals surface area contributed by atoms with E-state index in [4.69, 9.17) is 10.5 Å². The molecule has 1 aliphatic heterocycles. The zero-order chi connectivity index (χ0) is 21.1. The summed E-state index contributed by atoms with van der Waals surface area (Å²) in [5.74, 6) is -0.0769. The number of nitrogens with two attached hydrogens (primary N) is 1. The zero-order valence-electron chi connectivity index (χ0n) is 16.8. The maximum Gasteiger partial charge on any atom is 0.329 e. The molecule has 0 saturated heterocycles. The molecule has 9 heteroatoms. The van der Waals surface area contributed by atoms with Gasteiger partial charge in [-0.15, -0.1) is 0 Å². The van der Waals surface area contributed by atoms with Crippen molar-refractivity contribution >= 4 is 22.0 Å². The number of nitrogens with zero attached hydrogens (tertiary/aromatic N) is 1. The zero-order valence-corrected chi connectivity index (χ0v) is 17.6. The van der Waals surface area contributed by atoms with E-state index in [-0.39, 0.29) is 22.3 Å². The highest BCUT2D eigenvalue weighted by atomic mass is 32.2. The number of carbonyl (C=O) groups is 1. The normalized spacial score (nSPS) is 21.8. The molecule has 2 aliphatic rings. The van der Waals surface area contributed by atoms with E-state index in [9.17, 15) is 13.2 Å². The lowest BCUT2D eigenvalue weighted by Crippen LogP contribution is -2.43. The maximum atomic E-state index is 12.7. The minimum Gasteiger partial charge on any atom is -0.476 e. The largest absolute Gasteiger partial charge is 0.476 e. The number of fused-ring (bicyclic) bond motifs is 1. The van der Waals surface area contributed by atoms with Gasteiger partial charge in [0.15, 0.2) is 4.91 Å². The summed E-state index contributed by atoms with van der Waals surface area (Å²) in [6.07, 6.45) is 4.56. The Balaban J connectivity index is 1.72. The number of amides is 2. The van der Waals surface area contributed by atoms with Crippen molar-refractivity contribution in [3.8, 4) is 0 Å². The summed E-state index contributed by atoms with van der Waals surface area (Å²) >= 11 is 0. The number of nitrogens with one attached hydrogen (secondary N) is 2. The van der Waals surface area contributed by atoms with Crippen molar-refractivity contribution in [3.63, 3.8) is 0 Å². The topological polar surface area (TPSA) is 123 Å². The Labute approximate surface area is 171 Å². The fourth-order valence-electron chi connectivity index (χ4n) is 3.50. The number of hydrogen-bond donors (Lipinski definition) is 3. The molecule has 0 radical (unpaired) electrons. The SMILES string of the molecule is CC1(C)CN=C(C(=CN)S(=O)(=O)NC(=O)NC2CCCCc3ccccc32)OC1. The number of carbonyl (C=O) groups excluding carboxylic acids is 1. The molecule has 1 unspecified atom stereocenters. The lowest BCUT2D eigenvalue weighted by atomic mass is 9.94. The van der Waals surface area contributed by atoms with Crippen LogP contribution in [0.1, 0.15) is 50.3 Å². The first kappa shape index (κ1) is 21.2. The molecule has 1 aromatic carbocycles. The summed E-state index contributed by atoms with van der Waals surface area (Å²) in [6, 6.07) is 6.84. The number of aliphatic imine (C=N–C) groups is 1. The van der Waals surface area contributed by atoms with Crippen LogP contribution in [0.3, 0.4) is 0 Å². The minimum atomic E-state index is -4.23. The fourth-order valence-corrected chi connectivity index (χ4v) is 4.45. The van der Waals surface area contributed by atoms with Gasteiger partial charge in [-0.2, -0.15) is 0 Å². The second-order valence-electron chi connectivity index (χ2n) is 8.18. The first-order valence-electron chi connectivity index (χ1n) is 9.72. The molecule has 0 saturated carbocycles. The van der Waals surface area contributed by atoms with Crippen molar-refractivity contribution in [2.75, 3.05) is 13.2 Å². The molecule has 2 amide bonds. The molecule has 4 N–H and O–H groups in total. The Morgan fingerprint density at radius 2 is 2.07 bits per heavy atom. The Kier molecular flexibility index (Phi) is 6.16. The molecule has 0 aromatic heterocycles. The molecule has 1 heterocycles. The van der Waals surface area contributed by atoms with Gasteiger partial charge in [0.2, 0.25) is 5.90 Å². The van der Waals surface area contributed by atoms with Crippen LogP contribution >= 0.6 is 0 Å². The predicted molar refractivity (Wildman–Crippen MR) is 112 cm³/mol. The van der Waals surface area contributed by atoms with Gasteiger partial charge in [0.25, 0.3) is 10.0 Å². The van der Waals surface area contributed by atoms with Gasteiger partial charge < -0.3 is 15.8 Å². The first-order chi connectivity index (χ1) is 13.7. The van der Waals surface area contributed by atoms with Crippen molar-refractivity contribution in [3.05, 3.63) is 46.5 Å². The molecule has 158 valence electrons.